The lowest BCUT2D eigenvalue weighted by Crippen LogP contribution is -1.89. The number of hydrogen-bond donors (Lipinski definition) is 0. The van der Waals surface area contributed by atoms with Gasteiger partial charge in [0.2, 0.25) is 0 Å². The second kappa shape index (κ2) is 6.14. The van der Waals surface area contributed by atoms with E-state index in [0.717, 1.165) is 12.8 Å². The van der Waals surface area contributed by atoms with Gasteiger partial charge >= 0.3 is 0 Å². The van der Waals surface area contributed by atoms with Crippen molar-refractivity contribution in [1.29, 1.82) is 0 Å². The molecule has 0 bridgehead atoms. The van der Waals surface area contributed by atoms with Crippen molar-refractivity contribution in [2.45, 2.75) is 40.5 Å². The molecule has 0 aliphatic rings. The highest BCUT2D eigenvalue weighted by Crippen LogP contribution is 2.10. The summed E-state index contributed by atoms with van der Waals surface area (Å²) in [7, 11) is 0. The molecule has 1 nitrogen and oxygen atoms in total. The molecule has 0 aliphatic carbocycles. The Bertz CT molecular complexity index is 143. The molecule has 0 rings (SSSR count). The van der Waals surface area contributed by atoms with Crippen molar-refractivity contribution in [3.63, 3.8) is 0 Å². The molecular formula is C10H19N. The third-order valence-electron chi connectivity index (χ3n) is 1.39. The van der Waals surface area contributed by atoms with Crippen LogP contribution in [0, 0.1) is 5.92 Å². The molecule has 0 fully saturated rings. The van der Waals surface area contributed by atoms with Crippen LogP contribution >= 0.6 is 0 Å². The highest BCUT2D eigenvalue weighted by Gasteiger charge is 1.96. The molecule has 0 N–H and O–H groups in total. The smallest absolute Gasteiger partial charge is 0.0359 e. The number of aliphatic imine (C=N–C) groups is 1. The molecule has 1 heteroatoms. The maximum Gasteiger partial charge on any atom is 0.0359 e. The average molecular weight is 153 g/mol. The topological polar surface area (TPSA) is 12.4 Å². The number of allylic oxidation sites excluding steroid dienone is 2. The number of rotatable bonds is 4. The molecule has 0 aromatic carbocycles. The molecule has 0 aliphatic heterocycles. The summed E-state index contributed by atoms with van der Waals surface area (Å²) in [4.78, 5) is 4.34. The van der Waals surface area contributed by atoms with Crippen LogP contribution in [0.2, 0.25) is 0 Å². The SMILES string of the molecule is C/C=C(/CC(C)C)N=CCC. The van der Waals surface area contributed by atoms with E-state index < -0.39 is 0 Å². The second-order valence-corrected chi connectivity index (χ2v) is 3.10. The molecule has 0 aromatic rings. The molecule has 0 saturated carbocycles. The van der Waals surface area contributed by atoms with Crippen LogP contribution < -0.4 is 0 Å². The Hall–Kier alpha value is -0.590. The quantitative estimate of drug-likeness (QED) is 0.549. The van der Waals surface area contributed by atoms with Crippen molar-refractivity contribution in [3.8, 4) is 0 Å². The fraction of sp³-hybridized carbons (Fsp3) is 0.700. The van der Waals surface area contributed by atoms with E-state index in [4.69, 9.17) is 0 Å². The summed E-state index contributed by atoms with van der Waals surface area (Å²) in [5.74, 6) is 0.704. The van der Waals surface area contributed by atoms with E-state index in [1.807, 2.05) is 13.1 Å². The van der Waals surface area contributed by atoms with Gasteiger partial charge in [-0.3, -0.25) is 4.99 Å². The van der Waals surface area contributed by atoms with E-state index in [-0.39, 0.29) is 0 Å². The standard InChI is InChI=1S/C10H19N/c1-5-7-11-10(6-2)8-9(3)4/h6-7,9H,5,8H2,1-4H3/b10-6-,11-7?. The van der Waals surface area contributed by atoms with Crippen LogP contribution in [0.1, 0.15) is 40.5 Å². The zero-order valence-corrected chi connectivity index (χ0v) is 8.09. The first-order chi connectivity index (χ1) is 5.20. The molecule has 0 saturated heterocycles. The van der Waals surface area contributed by atoms with Crippen molar-refractivity contribution in [2.24, 2.45) is 10.9 Å². The summed E-state index contributed by atoms with van der Waals surface area (Å²) in [6.07, 6.45) is 6.17. The van der Waals surface area contributed by atoms with Crippen molar-refractivity contribution < 1.29 is 0 Å². The molecule has 0 atom stereocenters. The summed E-state index contributed by atoms with van der Waals surface area (Å²) >= 11 is 0. The summed E-state index contributed by atoms with van der Waals surface area (Å²) in [6.45, 7) is 8.58. The van der Waals surface area contributed by atoms with E-state index in [0.29, 0.717) is 5.92 Å². The fourth-order valence-electron chi connectivity index (χ4n) is 0.872. The summed E-state index contributed by atoms with van der Waals surface area (Å²) in [5.41, 5.74) is 1.21. The van der Waals surface area contributed by atoms with Gasteiger partial charge in [0.25, 0.3) is 0 Å². The van der Waals surface area contributed by atoms with E-state index in [2.05, 4.69) is 31.8 Å². The maximum absolute atomic E-state index is 4.34. The summed E-state index contributed by atoms with van der Waals surface area (Å²) < 4.78 is 0. The molecule has 0 amide bonds. The van der Waals surface area contributed by atoms with E-state index >= 15 is 0 Å². The first kappa shape index (κ1) is 10.4. The minimum Gasteiger partial charge on any atom is -0.266 e. The Morgan fingerprint density at radius 1 is 1.45 bits per heavy atom. The Labute approximate surface area is 70.2 Å². The van der Waals surface area contributed by atoms with Gasteiger partial charge in [-0.2, -0.15) is 0 Å². The monoisotopic (exact) mass is 153 g/mol. The highest BCUT2D eigenvalue weighted by atomic mass is 14.7. The fourth-order valence-corrected chi connectivity index (χ4v) is 0.872. The van der Waals surface area contributed by atoms with Crippen molar-refractivity contribution in [1.82, 2.24) is 0 Å². The van der Waals surface area contributed by atoms with Crippen molar-refractivity contribution in [3.05, 3.63) is 11.8 Å². The number of hydrogen-bond acceptors (Lipinski definition) is 1. The first-order valence-electron chi connectivity index (χ1n) is 4.38. The Kier molecular flexibility index (Phi) is 5.81. The van der Waals surface area contributed by atoms with E-state index in [1.54, 1.807) is 0 Å². The van der Waals surface area contributed by atoms with Crippen LogP contribution in [0.25, 0.3) is 0 Å². The minimum atomic E-state index is 0.704. The molecule has 11 heavy (non-hydrogen) atoms. The van der Waals surface area contributed by atoms with Gasteiger partial charge < -0.3 is 0 Å². The van der Waals surface area contributed by atoms with Gasteiger partial charge in [-0.05, 0) is 25.7 Å². The molecule has 0 aromatic heterocycles. The zero-order valence-electron chi connectivity index (χ0n) is 8.09. The average Bonchev–Trinajstić information content (AvgIpc) is 1.97. The predicted molar refractivity (Wildman–Crippen MR) is 52.0 cm³/mol. The van der Waals surface area contributed by atoms with Gasteiger partial charge in [-0.1, -0.05) is 26.8 Å². The molecular weight excluding hydrogens is 134 g/mol. The molecule has 0 heterocycles. The molecule has 64 valence electrons. The zero-order chi connectivity index (χ0) is 8.69. The van der Waals surface area contributed by atoms with Gasteiger partial charge in [-0.25, -0.2) is 0 Å². The van der Waals surface area contributed by atoms with E-state index in [1.165, 1.54) is 5.70 Å². The van der Waals surface area contributed by atoms with Crippen LogP contribution in [-0.4, -0.2) is 6.21 Å². The highest BCUT2D eigenvalue weighted by molar-refractivity contribution is 5.58. The Morgan fingerprint density at radius 3 is 2.45 bits per heavy atom. The Balaban J connectivity index is 3.88. The summed E-state index contributed by atoms with van der Waals surface area (Å²) in [6, 6.07) is 0. The maximum atomic E-state index is 4.34. The third kappa shape index (κ3) is 5.84. The Morgan fingerprint density at radius 2 is 2.09 bits per heavy atom. The minimum absolute atomic E-state index is 0.704. The van der Waals surface area contributed by atoms with Gasteiger partial charge in [0, 0.05) is 11.9 Å². The van der Waals surface area contributed by atoms with Crippen LogP contribution in [-0.2, 0) is 0 Å². The van der Waals surface area contributed by atoms with Gasteiger partial charge in [-0.15, -0.1) is 0 Å². The van der Waals surface area contributed by atoms with Crippen molar-refractivity contribution in [2.75, 3.05) is 0 Å². The second-order valence-electron chi connectivity index (χ2n) is 3.10. The summed E-state index contributed by atoms with van der Waals surface area (Å²) in [5, 5.41) is 0. The first-order valence-corrected chi connectivity index (χ1v) is 4.38. The van der Waals surface area contributed by atoms with Gasteiger partial charge in [0.05, 0.1) is 0 Å². The lowest BCUT2D eigenvalue weighted by molar-refractivity contribution is 0.638. The molecule has 0 radical (unpaired) electrons. The largest absolute Gasteiger partial charge is 0.266 e. The van der Waals surface area contributed by atoms with Crippen LogP contribution in [0.5, 0.6) is 0 Å². The van der Waals surface area contributed by atoms with Crippen LogP contribution in [0.15, 0.2) is 16.8 Å². The van der Waals surface area contributed by atoms with Crippen molar-refractivity contribution >= 4 is 6.21 Å². The van der Waals surface area contributed by atoms with E-state index in [9.17, 15) is 0 Å². The van der Waals surface area contributed by atoms with Gasteiger partial charge in [0.15, 0.2) is 0 Å². The van der Waals surface area contributed by atoms with Crippen LogP contribution in [0.3, 0.4) is 0 Å². The number of nitrogens with zero attached hydrogens (tertiary/aromatic N) is 1. The normalized spacial score (nSPS) is 13.4. The lowest BCUT2D eigenvalue weighted by atomic mass is 10.1. The predicted octanol–water partition coefficient (Wildman–Crippen LogP) is 3.42. The third-order valence-corrected chi connectivity index (χ3v) is 1.39. The molecule has 0 unspecified atom stereocenters. The molecule has 0 spiro atoms. The van der Waals surface area contributed by atoms with Crippen LogP contribution in [0.4, 0.5) is 0 Å². The lowest BCUT2D eigenvalue weighted by Gasteiger charge is -2.03. The van der Waals surface area contributed by atoms with Gasteiger partial charge in [0.1, 0.15) is 0 Å².